The van der Waals surface area contributed by atoms with Gasteiger partial charge < -0.3 is 30.3 Å². The van der Waals surface area contributed by atoms with Crippen LogP contribution in [0.15, 0.2) is 0 Å². The first kappa shape index (κ1) is 15.9. The van der Waals surface area contributed by atoms with Gasteiger partial charge in [-0.05, 0) is 6.10 Å². The predicted octanol–water partition coefficient (Wildman–Crippen LogP) is -6.46. The summed E-state index contributed by atoms with van der Waals surface area (Å²) in [6, 6.07) is 0. The SMILES string of the molecule is O=[C-][C@H](O)[C@@H](O)[C@H](O)[C@H](O)CO.[Na+]. The summed E-state index contributed by atoms with van der Waals surface area (Å²) in [5.74, 6) is 0. The number of aliphatic hydroxyl groups is 5. The number of carbonyl (C=O) groups excluding carboxylic acids is 1. The van der Waals surface area contributed by atoms with Gasteiger partial charge in [-0.3, -0.25) is 0 Å². The second-order valence-corrected chi connectivity index (χ2v) is 2.29. The van der Waals surface area contributed by atoms with E-state index >= 15 is 0 Å². The molecule has 0 fully saturated rings. The molecule has 0 bridgehead atoms. The first-order valence-corrected chi connectivity index (χ1v) is 3.25. The van der Waals surface area contributed by atoms with Crippen LogP contribution in [0.5, 0.6) is 0 Å². The van der Waals surface area contributed by atoms with Gasteiger partial charge in [0.15, 0.2) is 0 Å². The molecule has 0 aromatic carbocycles. The van der Waals surface area contributed by atoms with Crippen molar-refractivity contribution in [2.24, 2.45) is 0 Å². The molecule has 0 heterocycles. The second-order valence-electron chi connectivity index (χ2n) is 2.29. The summed E-state index contributed by atoms with van der Waals surface area (Å²) < 4.78 is 0. The van der Waals surface area contributed by atoms with E-state index in [9.17, 15) is 4.79 Å². The van der Waals surface area contributed by atoms with E-state index in [0.717, 1.165) is 6.29 Å². The Morgan fingerprint density at radius 3 is 1.85 bits per heavy atom. The molecule has 0 spiro atoms. The molecule has 0 aliphatic rings. The van der Waals surface area contributed by atoms with Crippen molar-refractivity contribution in [2.75, 3.05) is 6.61 Å². The van der Waals surface area contributed by atoms with Crippen LogP contribution in [-0.2, 0) is 4.79 Å². The maximum atomic E-state index is 9.77. The van der Waals surface area contributed by atoms with Crippen LogP contribution in [0, 0.1) is 0 Å². The second kappa shape index (κ2) is 7.84. The molecule has 7 heteroatoms. The molecule has 0 saturated heterocycles. The number of rotatable bonds is 5. The molecule has 0 saturated carbocycles. The molecule has 6 nitrogen and oxygen atoms in total. The number of aliphatic hydroxyl groups excluding tert-OH is 5. The van der Waals surface area contributed by atoms with Crippen molar-refractivity contribution in [3.8, 4) is 0 Å². The Morgan fingerprint density at radius 2 is 1.54 bits per heavy atom. The summed E-state index contributed by atoms with van der Waals surface area (Å²) in [6.45, 7) is -0.774. The van der Waals surface area contributed by atoms with Crippen LogP contribution >= 0.6 is 0 Å². The zero-order valence-corrected chi connectivity index (χ0v) is 9.16. The van der Waals surface area contributed by atoms with Crippen molar-refractivity contribution in [3.05, 3.63) is 0 Å². The van der Waals surface area contributed by atoms with Gasteiger partial charge in [-0.1, -0.05) is 0 Å². The average Bonchev–Trinajstić information content (AvgIpc) is 2.12. The fourth-order valence-electron chi connectivity index (χ4n) is 0.592. The zero-order valence-electron chi connectivity index (χ0n) is 7.16. The Hall–Kier alpha value is 0.470. The van der Waals surface area contributed by atoms with Gasteiger partial charge in [0.2, 0.25) is 0 Å². The van der Waals surface area contributed by atoms with Crippen molar-refractivity contribution in [1.29, 1.82) is 0 Å². The molecule has 72 valence electrons. The molecule has 0 aromatic rings. The Bertz CT molecular complexity index is 143. The quantitative estimate of drug-likeness (QED) is 0.223. The van der Waals surface area contributed by atoms with E-state index < -0.39 is 31.0 Å². The predicted molar refractivity (Wildman–Crippen MR) is 36.8 cm³/mol. The molecule has 13 heavy (non-hydrogen) atoms. The minimum absolute atomic E-state index is 0. The Balaban J connectivity index is 0. The van der Waals surface area contributed by atoms with Gasteiger partial charge in [-0.2, -0.15) is 0 Å². The van der Waals surface area contributed by atoms with Crippen LogP contribution < -0.4 is 29.6 Å². The molecule has 5 N–H and O–H groups in total. The fourth-order valence-corrected chi connectivity index (χ4v) is 0.592. The van der Waals surface area contributed by atoms with Gasteiger partial charge >= 0.3 is 29.6 Å². The Morgan fingerprint density at radius 1 is 1.08 bits per heavy atom. The monoisotopic (exact) mass is 202 g/mol. The standard InChI is InChI=1S/C6H11O6.Na/c7-1-3(9)5(11)6(12)4(10)2-8;/h3-7,9-12H,1H2;/q-1;+1/t3-,4+,5-,6-;/m1./s1. The summed E-state index contributed by atoms with van der Waals surface area (Å²) in [6.07, 6.45) is -6.07. The van der Waals surface area contributed by atoms with Gasteiger partial charge in [-0.15, -0.1) is 0 Å². The molecule has 0 aliphatic heterocycles. The third-order valence-corrected chi connectivity index (χ3v) is 1.38. The van der Waals surface area contributed by atoms with Crippen molar-refractivity contribution in [1.82, 2.24) is 0 Å². The molecule has 0 aromatic heterocycles. The number of hydrogen-bond donors (Lipinski definition) is 5. The smallest absolute Gasteiger partial charge is 0.539 e. The van der Waals surface area contributed by atoms with Crippen LogP contribution in [0.3, 0.4) is 0 Å². The molecule has 4 atom stereocenters. The fraction of sp³-hybridized carbons (Fsp3) is 0.833. The summed E-state index contributed by atoms with van der Waals surface area (Å²) in [5, 5.41) is 43.4. The molecular formula is C6H11NaO6. The molecule has 0 rings (SSSR count). The maximum Gasteiger partial charge on any atom is 1.00 e. The molecule has 0 aliphatic carbocycles. The van der Waals surface area contributed by atoms with Crippen molar-refractivity contribution >= 4 is 6.29 Å². The third kappa shape index (κ3) is 5.04. The van der Waals surface area contributed by atoms with Crippen molar-refractivity contribution in [2.45, 2.75) is 24.4 Å². The Kier molecular flexibility index (Phi) is 9.60. The van der Waals surface area contributed by atoms with E-state index in [-0.39, 0.29) is 29.6 Å². The van der Waals surface area contributed by atoms with E-state index in [1.54, 1.807) is 0 Å². The summed E-state index contributed by atoms with van der Waals surface area (Å²) in [7, 11) is 0. The van der Waals surface area contributed by atoms with Crippen LogP contribution in [0.25, 0.3) is 0 Å². The van der Waals surface area contributed by atoms with E-state index in [1.807, 2.05) is 0 Å². The van der Waals surface area contributed by atoms with E-state index in [2.05, 4.69) is 0 Å². The van der Waals surface area contributed by atoms with Crippen molar-refractivity contribution in [3.63, 3.8) is 0 Å². The van der Waals surface area contributed by atoms with Crippen LogP contribution in [0.2, 0.25) is 0 Å². The van der Waals surface area contributed by atoms with Gasteiger partial charge in [-0.25, -0.2) is 6.29 Å². The average molecular weight is 202 g/mol. The topological polar surface area (TPSA) is 118 Å². The Labute approximate surface area is 97.1 Å². The zero-order chi connectivity index (χ0) is 9.72. The summed E-state index contributed by atoms with van der Waals surface area (Å²) >= 11 is 0. The van der Waals surface area contributed by atoms with E-state index in [4.69, 9.17) is 25.5 Å². The first-order valence-electron chi connectivity index (χ1n) is 3.25. The largest absolute Gasteiger partial charge is 1.00 e. The number of hydrogen-bond acceptors (Lipinski definition) is 6. The molecule has 0 amide bonds. The normalized spacial score (nSPS) is 19.5. The first-order chi connectivity index (χ1) is 5.54. The van der Waals surface area contributed by atoms with Crippen LogP contribution in [0.4, 0.5) is 0 Å². The molecule has 0 unspecified atom stereocenters. The summed E-state index contributed by atoms with van der Waals surface area (Å²) in [4.78, 5) is 9.77. The molecular weight excluding hydrogens is 191 g/mol. The van der Waals surface area contributed by atoms with Gasteiger partial charge in [0.1, 0.15) is 12.2 Å². The van der Waals surface area contributed by atoms with Gasteiger partial charge in [0.05, 0.1) is 12.7 Å². The van der Waals surface area contributed by atoms with Crippen molar-refractivity contribution < 1.29 is 59.9 Å². The third-order valence-electron chi connectivity index (χ3n) is 1.38. The van der Waals surface area contributed by atoms with Crippen LogP contribution in [-0.4, -0.2) is 62.8 Å². The maximum absolute atomic E-state index is 9.77. The van der Waals surface area contributed by atoms with Gasteiger partial charge in [0, 0.05) is 0 Å². The van der Waals surface area contributed by atoms with E-state index in [0.29, 0.717) is 0 Å². The van der Waals surface area contributed by atoms with Crippen LogP contribution in [0.1, 0.15) is 0 Å². The minimum Gasteiger partial charge on any atom is -0.539 e. The summed E-state index contributed by atoms with van der Waals surface area (Å²) in [5.41, 5.74) is 0. The minimum atomic E-state index is -1.89. The molecule has 0 radical (unpaired) electrons. The van der Waals surface area contributed by atoms with Gasteiger partial charge in [0.25, 0.3) is 0 Å². The van der Waals surface area contributed by atoms with E-state index in [1.165, 1.54) is 0 Å².